The fourth-order valence-electron chi connectivity index (χ4n) is 2.01. The van der Waals surface area contributed by atoms with E-state index in [9.17, 15) is 4.79 Å². The zero-order valence-corrected chi connectivity index (χ0v) is 14.7. The first kappa shape index (κ1) is 16.9. The van der Waals surface area contributed by atoms with Gasteiger partial charge in [0.2, 0.25) is 0 Å². The second-order valence-electron chi connectivity index (χ2n) is 5.04. The average molecular weight is 384 g/mol. The van der Waals surface area contributed by atoms with E-state index in [1.807, 2.05) is 31.3 Å². The van der Waals surface area contributed by atoms with Crippen LogP contribution in [0.3, 0.4) is 0 Å². The zero-order valence-electron chi connectivity index (χ0n) is 12.3. The Hall–Kier alpha value is -1.51. The average Bonchev–Trinajstić information content (AvgIpc) is 2.49. The number of amides is 1. The van der Waals surface area contributed by atoms with E-state index in [0.717, 1.165) is 23.2 Å². The van der Waals surface area contributed by atoms with Crippen molar-refractivity contribution in [2.24, 2.45) is 10.8 Å². The van der Waals surface area contributed by atoms with Gasteiger partial charge in [0.25, 0.3) is 5.91 Å². The van der Waals surface area contributed by atoms with Crippen LogP contribution in [-0.4, -0.2) is 59.6 Å². The molecular weight excluding hydrogens is 366 g/mol. The fourth-order valence-corrected chi connectivity index (χ4v) is 2.41. The van der Waals surface area contributed by atoms with Gasteiger partial charge >= 0.3 is 0 Å². The summed E-state index contributed by atoms with van der Waals surface area (Å²) in [5.41, 5.74) is 9.32. The lowest BCUT2D eigenvalue weighted by Gasteiger charge is -2.32. The number of nitrogens with one attached hydrogen (secondary N) is 1. The minimum absolute atomic E-state index is 0.00598. The molecule has 1 aliphatic heterocycles. The van der Waals surface area contributed by atoms with Crippen molar-refractivity contribution in [1.29, 1.82) is 0 Å². The van der Waals surface area contributed by atoms with Crippen molar-refractivity contribution in [1.82, 2.24) is 9.80 Å². The molecule has 1 amide bonds. The van der Waals surface area contributed by atoms with Gasteiger partial charge < -0.3 is 15.5 Å². The van der Waals surface area contributed by atoms with Crippen molar-refractivity contribution in [3.05, 3.63) is 28.7 Å². The number of carbonyl (C=O) groups is 1. The first-order valence-corrected chi connectivity index (χ1v) is 8.04. The number of hydrazone groups is 1. The number of likely N-dealkylation sites (N-methyl/N-ethyl adjacent to an activating group) is 1. The van der Waals surface area contributed by atoms with E-state index >= 15 is 0 Å². The third-order valence-electron chi connectivity index (χ3n) is 3.37. The molecule has 118 valence electrons. The predicted molar refractivity (Wildman–Crippen MR) is 96.1 cm³/mol. The van der Waals surface area contributed by atoms with Crippen molar-refractivity contribution in [2.75, 3.05) is 38.7 Å². The largest absolute Gasteiger partial charge is 0.388 e. The van der Waals surface area contributed by atoms with E-state index in [1.54, 1.807) is 4.90 Å². The highest BCUT2D eigenvalue weighted by Crippen LogP contribution is 2.14. The predicted octanol–water partition coefficient (Wildman–Crippen LogP) is 1.28. The summed E-state index contributed by atoms with van der Waals surface area (Å²) in [4.78, 5) is 16.4. The molecule has 0 radical (unpaired) electrons. The van der Waals surface area contributed by atoms with Crippen LogP contribution in [0.25, 0.3) is 0 Å². The number of carbonyl (C=O) groups excluding carboxylic acids is 1. The van der Waals surface area contributed by atoms with Crippen molar-refractivity contribution in [2.45, 2.75) is 0 Å². The van der Waals surface area contributed by atoms with Gasteiger partial charge in [-0.25, -0.2) is 0 Å². The molecular formula is C14H18BrN5OS. The molecule has 1 aliphatic rings. The van der Waals surface area contributed by atoms with E-state index in [-0.39, 0.29) is 16.6 Å². The van der Waals surface area contributed by atoms with Gasteiger partial charge in [-0.05, 0) is 31.3 Å². The first-order valence-electron chi connectivity index (χ1n) is 6.84. The van der Waals surface area contributed by atoms with Crippen molar-refractivity contribution in [3.63, 3.8) is 0 Å². The fraction of sp³-hybridized carbons (Fsp3) is 0.357. The molecule has 0 aliphatic carbocycles. The molecule has 0 bridgehead atoms. The quantitative estimate of drug-likeness (QED) is 0.465. The Morgan fingerprint density at radius 2 is 1.86 bits per heavy atom. The highest BCUT2D eigenvalue weighted by Gasteiger charge is 2.25. The minimum Gasteiger partial charge on any atom is -0.388 e. The molecule has 0 saturated carbocycles. The maximum absolute atomic E-state index is 12.5. The maximum atomic E-state index is 12.5. The van der Waals surface area contributed by atoms with Gasteiger partial charge in [-0.15, -0.1) is 0 Å². The molecule has 2 rings (SSSR count). The normalized spacial score (nSPS) is 16.5. The van der Waals surface area contributed by atoms with Gasteiger partial charge in [-0.1, -0.05) is 28.1 Å². The summed E-state index contributed by atoms with van der Waals surface area (Å²) in [5.74, 6) is -0.231. The summed E-state index contributed by atoms with van der Waals surface area (Å²) in [6.07, 6.45) is 0. The van der Waals surface area contributed by atoms with Crippen LogP contribution in [0.5, 0.6) is 0 Å². The smallest absolute Gasteiger partial charge is 0.277 e. The van der Waals surface area contributed by atoms with Crippen molar-refractivity contribution >= 4 is 50.4 Å². The molecule has 0 aromatic heterocycles. The van der Waals surface area contributed by atoms with E-state index in [0.29, 0.717) is 13.1 Å². The number of thiocarbonyl (C=S) groups is 1. The second-order valence-corrected chi connectivity index (χ2v) is 6.39. The van der Waals surface area contributed by atoms with Crippen LogP contribution in [0.15, 0.2) is 33.8 Å². The molecule has 0 atom stereocenters. The standard InChI is InChI=1S/C14H18BrN5OS/c1-19-6-8-20(9-7-19)14(21)12(13(16)22)18-17-11-4-2-10(15)3-5-11/h2-5,17H,6-9H2,1H3,(H2,16,22). The summed E-state index contributed by atoms with van der Waals surface area (Å²) >= 11 is 8.32. The highest BCUT2D eigenvalue weighted by molar-refractivity contribution is 9.10. The number of anilines is 1. The number of rotatable bonds is 4. The Morgan fingerprint density at radius 1 is 1.27 bits per heavy atom. The monoisotopic (exact) mass is 383 g/mol. The summed E-state index contributed by atoms with van der Waals surface area (Å²) < 4.78 is 0.963. The highest BCUT2D eigenvalue weighted by atomic mass is 79.9. The van der Waals surface area contributed by atoms with Gasteiger partial charge in [0, 0.05) is 30.7 Å². The number of halogens is 1. The third-order valence-corrected chi connectivity index (χ3v) is 4.09. The van der Waals surface area contributed by atoms with Gasteiger partial charge in [0.15, 0.2) is 5.71 Å². The summed E-state index contributed by atoms with van der Waals surface area (Å²) in [7, 11) is 2.03. The minimum atomic E-state index is -0.231. The molecule has 1 heterocycles. The van der Waals surface area contributed by atoms with E-state index in [4.69, 9.17) is 18.0 Å². The molecule has 0 spiro atoms. The van der Waals surface area contributed by atoms with E-state index in [1.165, 1.54) is 0 Å². The van der Waals surface area contributed by atoms with Crippen molar-refractivity contribution < 1.29 is 4.79 Å². The Balaban J connectivity index is 2.08. The maximum Gasteiger partial charge on any atom is 0.277 e. The summed E-state index contributed by atoms with van der Waals surface area (Å²) in [5, 5.41) is 4.10. The van der Waals surface area contributed by atoms with E-state index < -0.39 is 0 Å². The van der Waals surface area contributed by atoms with Crippen LogP contribution in [0.4, 0.5) is 5.69 Å². The lowest BCUT2D eigenvalue weighted by atomic mass is 10.2. The van der Waals surface area contributed by atoms with E-state index in [2.05, 4.69) is 31.4 Å². The number of hydrogen-bond donors (Lipinski definition) is 2. The third kappa shape index (κ3) is 4.49. The topological polar surface area (TPSA) is 74.0 Å². The van der Waals surface area contributed by atoms with Crippen LogP contribution in [0, 0.1) is 0 Å². The molecule has 22 heavy (non-hydrogen) atoms. The lowest BCUT2D eigenvalue weighted by molar-refractivity contribution is -0.125. The molecule has 0 unspecified atom stereocenters. The number of benzene rings is 1. The van der Waals surface area contributed by atoms with Crippen LogP contribution in [-0.2, 0) is 4.79 Å². The molecule has 1 aromatic rings. The Morgan fingerprint density at radius 3 is 2.41 bits per heavy atom. The van der Waals surface area contributed by atoms with Crippen molar-refractivity contribution in [3.8, 4) is 0 Å². The zero-order chi connectivity index (χ0) is 16.1. The summed E-state index contributed by atoms with van der Waals surface area (Å²) in [6, 6.07) is 7.43. The van der Waals surface area contributed by atoms with Gasteiger partial charge in [0.05, 0.1) is 5.69 Å². The number of hydrogen-bond acceptors (Lipinski definition) is 5. The molecule has 1 saturated heterocycles. The first-order chi connectivity index (χ1) is 10.5. The Kier molecular flexibility index (Phi) is 5.87. The van der Waals surface area contributed by atoms with Crippen LogP contribution < -0.4 is 11.2 Å². The van der Waals surface area contributed by atoms with Gasteiger partial charge in [-0.3, -0.25) is 10.2 Å². The van der Waals surface area contributed by atoms with Crippen LogP contribution in [0.2, 0.25) is 0 Å². The molecule has 1 aromatic carbocycles. The van der Waals surface area contributed by atoms with Gasteiger partial charge in [-0.2, -0.15) is 5.10 Å². The molecule has 3 N–H and O–H groups in total. The Labute approximate surface area is 143 Å². The number of nitrogens with two attached hydrogens (primary N) is 1. The lowest BCUT2D eigenvalue weighted by Crippen LogP contribution is -2.51. The van der Waals surface area contributed by atoms with Crippen LogP contribution in [0.1, 0.15) is 0 Å². The second kappa shape index (κ2) is 7.66. The van der Waals surface area contributed by atoms with Gasteiger partial charge in [0.1, 0.15) is 4.99 Å². The SMILES string of the molecule is CN1CCN(C(=O)C(=NNc2ccc(Br)cc2)C(N)=S)CC1. The Bertz CT molecular complexity index is 581. The number of nitrogens with zero attached hydrogens (tertiary/aromatic N) is 3. The number of piperazine rings is 1. The summed E-state index contributed by atoms with van der Waals surface area (Å²) in [6.45, 7) is 2.96. The molecule has 8 heteroatoms. The molecule has 1 fully saturated rings. The molecule has 6 nitrogen and oxygen atoms in total. The van der Waals surface area contributed by atoms with Crippen LogP contribution >= 0.6 is 28.1 Å².